The zero-order valence-electron chi connectivity index (χ0n) is 23.4. The van der Waals surface area contributed by atoms with Crippen molar-refractivity contribution >= 4 is 0 Å². The van der Waals surface area contributed by atoms with E-state index >= 15 is 0 Å². The number of nitrogens with one attached hydrogen (secondary N) is 2. The van der Waals surface area contributed by atoms with Crippen LogP contribution in [0, 0.1) is 0 Å². The molecule has 206 valence electrons. The molecule has 0 radical (unpaired) electrons. The summed E-state index contributed by atoms with van der Waals surface area (Å²) in [7, 11) is 4.00. The van der Waals surface area contributed by atoms with E-state index < -0.39 is 0 Å². The second-order valence-corrected chi connectivity index (χ2v) is 10.7. The van der Waals surface area contributed by atoms with Gasteiger partial charge in [0.15, 0.2) is 0 Å². The molecule has 6 nitrogen and oxygen atoms in total. The number of pyridine rings is 2. The fourth-order valence-electron chi connectivity index (χ4n) is 6.37. The van der Waals surface area contributed by atoms with Crippen molar-refractivity contribution in [3.8, 4) is 22.3 Å². The van der Waals surface area contributed by atoms with E-state index in [0.717, 1.165) is 45.4 Å². The summed E-state index contributed by atoms with van der Waals surface area (Å²) < 4.78 is 13.4. The summed E-state index contributed by atoms with van der Waals surface area (Å²) in [6.45, 7) is 2.29. The summed E-state index contributed by atoms with van der Waals surface area (Å²) in [6.07, 6.45) is 11.3. The van der Waals surface area contributed by atoms with Gasteiger partial charge in [-0.15, -0.1) is 0 Å². The molecule has 2 aromatic carbocycles. The fourth-order valence-corrected chi connectivity index (χ4v) is 6.37. The molecule has 0 spiro atoms. The number of fused-ring (bicyclic) bond motifs is 2. The van der Waals surface area contributed by atoms with Crippen LogP contribution in [0.2, 0.25) is 0 Å². The van der Waals surface area contributed by atoms with Crippen LogP contribution >= 0.6 is 0 Å². The standard InChI is InChI=1S/C34H38N4O2/c1-35-21-33-31-20-25(19-30(24-12-16-38-17-13-24)27(31)7-4-18-39-33)32-9-8-28-26(23-10-14-37-15-11-23)5-3-6-29(28)34(40-32)22-36-2/h3,5-6,10-17,19-20,32-36H,4,7-9,18,21-22H2,1-2H3/t32?,33-,34+/m0/s1. The molecular weight excluding hydrogens is 496 g/mol. The predicted octanol–water partition coefficient (Wildman–Crippen LogP) is 6.00. The predicted molar refractivity (Wildman–Crippen MR) is 159 cm³/mol. The van der Waals surface area contributed by atoms with Gasteiger partial charge in [-0.2, -0.15) is 0 Å². The van der Waals surface area contributed by atoms with Crippen LogP contribution in [-0.2, 0) is 22.3 Å². The molecule has 0 saturated heterocycles. The van der Waals surface area contributed by atoms with Gasteiger partial charge in [-0.3, -0.25) is 9.97 Å². The Hall–Kier alpha value is -3.42. The van der Waals surface area contributed by atoms with E-state index in [1.54, 1.807) is 0 Å². The first-order valence-corrected chi connectivity index (χ1v) is 14.4. The van der Waals surface area contributed by atoms with Crippen molar-refractivity contribution < 1.29 is 9.47 Å². The first kappa shape index (κ1) is 26.8. The normalized spacial score (nSPS) is 20.7. The average Bonchev–Trinajstić information content (AvgIpc) is 3.32. The number of hydrogen-bond donors (Lipinski definition) is 2. The zero-order chi connectivity index (χ0) is 27.3. The number of aromatic nitrogens is 2. The van der Waals surface area contributed by atoms with Crippen molar-refractivity contribution in [1.29, 1.82) is 0 Å². The number of benzene rings is 2. The molecule has 0 fully saturated rings. The van der Waals surface area contributed by atoms with Gasteiger partial charge in [-0.1, -0.05) is 24.3 Å². The lowest BCUT2D eigenvalue weighted by atomic mass is 9.86. The van der Waals surface area contributed by atoms with E-state index in [1.807, 2.05) is 38.9 Å². The zero-order valence-corrected chi connectivity index (χ0v) is 23.4. The van der Waals surface area contributed by atoms with Crippen LogP contribution in [0.25, 0.3) is 22.3 Å². The Balaban J connectivity index is 1.45. The Labute approximate surface area is 237 Å². The van der Waals surface area contributed by atoms with Gasteiger partial charge in [0.25, 0.3) is 0 Å². The van der Waals surface area contributed by atoms with Crippen molar-refractivity contribution in [1.82, 2.24) is 20.6 Å². The summed E-state index contributed by atoms with van der Waals surface area (Å²) in [5.74, 6) is 0. The number of hydrogen-bond acceptors (Lipinski definition) is 6. The van der Waals surface area contributed by atoms with Crippen LogP contribution < -0.4 is 10.6 Å². The lowest BCUT2D eigenvalue weighted by Crippen LogP contribution is -2.22. The highest BCUT2D eigenvalue weighted by molar-refractivity contribution is 5.71. The van der Waals surface area contributed by atoms with Crippen LogP contribution in [0.3, 0.4) is 0 Å². The van der Waals surface area contributed by atoms with Gasteiger partial charge in [0.05, 0.1) is 18.3 Å². The third-order valence-corrected chi connectivity index (χ3v) is 8.22. The number of ether oxygens (including phenoxy) is 2. The third kappa shape index (κ3) is 5.45. The maximum absolute atomic E-state index is 7.02. The van der Waals surface area contributed by atoms with Crippen molar-refractivity contribution in [3.63, 3.8) is 0 Å². The Morgan fingerprint density at radius 3 is 2.15 bits per heavy atom. The summed E-state index contributed by atoms with van der Waals surface area (Å²) in [5.41, 5.74) is 11.5. The highest BCUT2D eigenvalue weighted by Crippen LogP contribution is 2.43. The van der Waals surface area contributed by atoms with Crippen LogP contribution in [0.1, 0.15) is 59.0 Å². The lowest BCUT2D eigenvalue weighted by Gasteiger charge is -2.26. The van der Waals surface area contributed by atoms with Gasteiger partial charge in [-0.25, -0.2) is 0 Å². The SMILES string of the molecule is CNC[C@@H]1OCCCc2c(-c3ccncc3)cc(C3CCc4c(-c5ccncc5)cccc4[C@@H](CNC)O3)cc21. The van der Waals surface area contributed by atoms with Gasteiger partial charge in [-0.05, 0) is 120 Å². The minimum Gasteiger partial charge on any atom is -0.372 e. The molecule has 4 aromatic rings. The number of nitrogens with zero attached hydrogens (tertiary/aromatic N) is 2. The van der Waals surface area contributed by atoms with Crippen LogP contribution in [0.4, 0.5) is 0 Å². The van der Waals surface area contributed by atoms with E-state index in [-0.39, 0.29) is 18.3 Å². The van der Waals surface area contributed by atoms with Crippen molar-refractivity contribution in [2.75, 3.05) is 33.8 Å². The Kier molecular flexibility index (Phi) is 8.30. The highest BCUT2D eigenvalue weighted by Gasteiger charge is 2.30. The van der Waals surface area contributed by atoms with Gasteiger partial charge < -0.3 is 20.1 Å². The molecule has 2 aliphatic heterocycles. The summed E-state index contributed by atoms with van der Waals surface area (Å²) in [6, 6.07) is 19.8. The molecule has 4 heterocycles. The second kappa shape index (κ2) is 12.4. The van der Waals surface area contributed by atoms with E-state index in [9.17, 15) is 0 Å². The number of likely N-dealkylation sites (N-methyl/N-ethyl adjacent to an activating group) is 2. The monoisotopic (exact) mass is 534 g/mol. The van der Waals surface area contributed by atoms with Crippen molar-refractivity contribution in [2.24, 2.45) is 0 Å². The summed E-state index contributed by atoms with van der Waals surface area (Å²) in [4.78, 5) is 8.53. The maximum Gasteiger partial charge on any atom is 0.0960 e. The summed E-state index contributed by atoms with van der Waals surface area (Å²) in [5, 5.41) is 6.74. The topological polar surface area (TPSA) is 68.3 Å². The average molecular weight is 535 g/mol. The molecule has 40 heavy (non-hydrogen) atoms. The minimum absolute atomic E-state index is 0.0115. The molecular formula is C34H38N4O2. The molecule has 0 aliphatic carbocycles. The van der Waals surface area contributed by atoms with Crippen LogP contribution in [0.15, 0.2) is 79.4 Å². The highest BCUT2D eigenvalue weighted by atomic mass is 16.5. The molecule has 1 unspecified atom stereocenters. The Bertz CT molecular complexity index is 1430. The van der Waals surface area contributed by atoms with Gasteiger partial charge in [0.2, 0.25) is 0 Å². The van der Waals surface area contributed by atoms with Gasteiger partial charge in [0.1, 0.15) is 0 Å². The van der Waals surface area contributed by atoms with E-state index in [2.05, 4.69) is 75.2 Å². The molecule has 0 amide bonds. The first-order valence-electron chi connectivity index (χ1n) is 14.4. The largest absolute Gasteiger partial charge is 0.372 e. The molecule has 0 bridgehead atoms. The minimum atomic E-state index is -0.0539. The maximum atomic E-state index is 7.02. The van der Waals surface area contributed by atoms with E-state index in [0.29, 0.717) is 0 Å². The van der Waals surface area contributed by atoms with E-state index in [1.165, 1.54) is 50.1 Å². The number of rotatable bonds is 7. The molecule has 2 N–H and O–H groups in total. The Morgan fingerprint density at radius 1 is 0.750 bits per heavy atom. The smallest absolute Gasteiger partial charge is 0.0960 e. The molecule has 3 atom stereocenters. The lowest BCUT2D eigenvalue weighted by molar-refractivity contribution is -0.0127. The second-order valence-electron chi connectivity index (χ2n) is 10.7. The van der Waals surface area contributed by atoms with Crippen molar-refractivity contribution in [3.05, 3.63) is 107 Å². The molecule has 6 heteroatoms. The quantitative estimate of drug-likeness (QED) is 0.303. The van der Waals surface area contributed by atoms with E-state index in [4.69, 9.17) is 9.47 Å². The van der Waals surface area contributed by atoms with Crippen molar-refractivity contribution in [2.45, 2.75) is 44.0 Å². The van der Waals surface area contributed by atoms with Crippen LogP contribution in [0.5, 0.6) is 0 Å². The van der Waals surface area contributed by atoms with Gasteiger partial charge >= 0.3 is 0 Å². The third-order valence-electron chi connectivity index (χ3n) is 8.22. The molecule has 2 aliphatic rings. The van der Waals surface area contributed by atoms with Crippen LogP contribution in [-0.4, -0.2) is 43.8 Å². The molecule has 0 saturated carbocycles. The first-order chi connectivity index (χ1) is 19.8. The fraction of sp³-hybridized carbons (Fsp3) is 0.353. The molecule has 6 rings (SSSR count). The Morgan fingerprint density at radius 2 is 1.43 bits per heavy atom. The summed E-state index contributed by atoms with van der Waals surface area (Å²) >= 11 is 0. The molecule has 2 aromatic heterocycles. The van der Waals surface area contributed by atoms with Gasteiger partial charge in [0, 0.05) is 44.5 Å².